The van der Waals surface area contributed by atoms with Crippen LogP contribution in [0.15, 0.2) is 35.4 Å². The fourth-order valence-electron chi connectivity index (χ4n) is 2.01. The van der Waals surface area contributed by atoms with Crippen LogP contribution in [0.2, 0.25) is 5.02 Å². The standard InChI is InChI=1S/C14H16ClN3O4S/c1-3-8-18-11(6-7-16-18)14(19)17-23(20,21)13-9-10(15)4-5-12(13)22-2/h4-7,9H,3,8H2,1-2H3,(H,17,19). The van der Waals surface area contributed by atoms with Gasteiger partial charge in [-0.15, -0.1) is 0 Å². The molecule has 0 saturated heterocycles. The third-order valence-corrected chi connectivity index (χ3v) is 4.61. The van der Waals surface area contributed by atoms with E-state index in [1.807, 2.05) is 11.6 Å². The predicted octanol–water partition coefficient (Wildman–Crippen LogP) is 2.07. The van der Waals surface area contributed by atoms with E-state index >= 15 is 0 Å². The number of methoxy groups -OCH3 is 1. The van der Waals surface area contributed by atoms with Gasteiger partial charge in [-0.25, -0.2) is 13.1 Å². The fourth-order valence-corrected chi connectivity index (χ4v) is 3.40. The Kier molecular flexibility index (Phi) is 5.27. The molecule has 1 amide bonds. The second-order valence-corrected chi connectivity index (χ2v) is 6.76. The molecule has 0 spiro atoms. The van der Waals surface area contributed by atoms with Crippen molar-refractivity contribution in [3.8, 4) is 5.75 Å². The molecular weight excluding hydrogens is 342 g/mol. The van der Waals surface area contributed by atoms with Crippen LogP contribution in [0, 0.1) is 0 Å². The van der Waals surface area contributed by atoms with Crippen molar-refractivity contribution < 1.29 is 17.9 Å². The van der Waals surface area contributed by atoms with E-state index in [4.69, 9.17) is 16.3 Å². The third kappa shape index (κ3) is 3.83. The van der Waals surface area contributed by atoms with Crippen LogP contribution in [0.5, 0.6) is 5.75 Å². The summed E-state index contributed by atoms with van der Waals surface area (Å²) in [5.41, 5.74) is 0.163. The first kappa shape index (κ1) is 17.3. The van der Waals surface area contributed by atoms with Crippen LogP contribution in [-0.4, -0.2) is 31.2 Å². The summed E-state index contributed by atoms with van der Waals surface area (Å²) < 4.78 is 33.3. The fraction of sp³-hybridized carbons (Fsp3) is 0.286. The molecule has 0 fully saturated rings. The maximum absolute atomic E-state index is 12.4. The molecule has 0 atom stereocenters. The van der Waals surface area contributed by atoms with Crippen molar-refractivity contribution in [2.75, 3.05) is 7.11 Å². The predicted molar refractivity (Wildman–Crippen MR) is 85.2 cm³/mol. The van der Waals surface area contributed by atoms with Crippen LogP contribution in [0.4, 0.5) is 0 Å². The number of nitrogens with zero attached hydrogens (tertiary/aromatic N) is 2. The zero-order valence-electron chi connectivity index (χ0n) is 12.6. The maximum atomic E-state index is 12.4. The molecule has 7 nitrogen and oxygen atoms in total. The molecule has 0 aliphatic heterocycles. The molecule has 1 N–H and O–H groups in total. The quantitative estimate of drug-likeness (QED) is 0.854. The highest BCUT2D eigenvalue weighted by Crippen LogP contribution is 2.26. The molecular formula is C14H16ClN3O4S. The minimum atomic E-state index is -4.13. The molecule has 0 radical (unpaired) electrons. The van der Waals surface area contributed by atoms with E-state index in [1.54, 1.807) is 0 Å². The van der Waals surface area contributed by atoms with Gasteiger partial charge in [0.15, 0.2) is 0 Å². The molecule has 2 rings (SSSR count). The first-order chi connectivity index (χ1) is 10.9. The van der Waals surface area contributed by atoms with Crippen molar-refractivity contribution in [1.82, 2.24) is 14.5 Å². The zero-order chi connectivity index (χ0) is 17.0. The van der Waals surface area contributed by atoms with Gasteiger partial charge in [-0.1, -0.05) is 18.5 Å². The smallest absolute Gasteiger partial charge is 0.283 e. The summed E-state index contributed by atoms with van der Waals surface area (Å²) in [4.78, 5) is 12.0. The average molecular weight is 358 g/mol. The summed E-state index contributed by atoms with van der Waals surface area (Å²) >= 11 is 5.84. The first-order valence-electron chi connectivity index (χ1n) is 6.81. The van der Waals surface area contributed by atoms with Crippen molar-refractivity contribution in [1.29, 1.82) is 0 Å². The summed E-state index contributed by atoms with van der Waals surface area (Å²) in [6, 6.07) is 5.59. The third-order valence-electron chi connectivity index (χ3n) is 3.03. The number of sulfonamides is 1. The molecule has 23 heavy (non-hydrogen) atoms. The van der Waals surface area contributed by atoms with E-state index in [1.165, 1.54) is 42.3 Å². The Labute approximate surface area is 139 Å². The number of aryl methyl sites for hydroxylation is 1. The van der Waals surface area contributed by atoms with E-state index < -0.39 is 15.9 Å². The van der Waals surface area contributed by atoms with Crippen LogP contribution in [0.3, 0.4) is 0 Å². The Hall–Kier alpha value is -2.06. The van der Waals surface area contributed by atoms with E-state index in [2.05, 4.69) is 5.10 Å². The molecule has 9 heteroatoms. The largest absolute Gasteiger partial charge is 0.495 e. The number of nitrogens with one attached hydrogen (secondary N) is 1. The number of hydrogen-bond donors (Lipinski definition) is 1. The van der Waals surface area contributed by atoms with Crippen LogP contribution in [0.25, 0.3) is 0 Å². The highest BCUT2D eigenvalue weighted by Gasteiger charge is 2.24. The van der Waals surface area contributed by atoms with Crippen LogP contribution < -0.4 is 9.46 Å². The van der Waals surface area contributed by atoms with Crippen LogP contribution >= 0.6 is 11.6 Å². The lowest BCUT2D eigenvalue weighted by atomic mass is 10.3. The number of halogens is 1. The minimum absolute atomic E-state index is 0.0942. The van der Waals surface area contributed by atoms with Gasteiger partial charge in [0, 0.05) is 17.8 Å². The van der Waals surface area contributed by atoms with Crippen LogP contribution in [0.1, 0.15) is 23.8 Å². The number of carbonyl (C=O) groups excluding carboxylic acids is 1. The molecule has 0 unspecified atom stereocenters. The Morgan fingerprint density at radius 1 is 1.39 bits per heavy atom. The molecule has 0 aliphatic rings. The minimum Gasteiger partial charge on any atom is -0.495 e. The van der Waals surface area contributed by atoms with Gasteiger partial charge in [0.25, 0.3) is 15.9 Å². The van der Waals surface area contributed by atoms with E-state index in [0.717, 1.165) is 6.42 Å². The molecule has 0 saturated carbocycles. The molecule has 1 aromatic carbocycles. The van der Waals surface area contributed by atoms with Crippen molar-refractivity contribution in [2.45, 2.75) is 24.8 Å². The van der Waals surface area contributed by atoms with Gasteiger partial charge < -0.3 is 4.74 Å². The SMILES string of the molecule is CCCn1nccc1C(=O)NS(=O)(=O)c1cc(Cl)ccc1OC. The van der Waals surface area contributed by atoms with Crippen LogP contribution in [-0.2, 0) is 16.6 Å². The summed E-state index contributed by atoms with van der Waals surface area (Å²) in [6.07, 6.45) is 2.20. The Balaban J connectivity index is 2.33. The molecule has 0 bridgehead atoms. The van der Waals surface area contributed by atoms with Crippen molar-refractivity contribution in [3.05, 3.63) is 41.2 Å². The van der Waals surface area contributed by atoms with Crippen molar-refractivity contribution in [3.63, 3.8) is 0 Å². The second-order valence-electron chi connectivity index (χ2n) is 4.67. The molecule has 1 heterocycles. The second kappa shape index (κ2) is 7.01. The van der Waals surface area contributed by atoms with Gasteiger partial charge >= 0.3 is 0 Å². The molecule has 2 aromatic rings. The molecule has 0 aliphatic carbocycles. The van der Waals surface area contributed by atoms with E-state index in [9.17, 15) is 13.2 Å². The summed E-state index contributed by atoms with van der Waals surface area (Å²) in [6.45, 7) is 2.44. The van der Waals surface area contributed by atoms with Gasteiger partial charge in [0.2, 0.25) is 0 Å². The number of carbonyl (C=O) groups is 1. The van der Waals surface area contributed by atoms with E-state index in [0.29, 0.717) is 6.54 Å². The van der Waals surface area contributed by atoms with Crippen molar-refractivity contribution in [2.24, 2.45) is 0 Å². The first-order valence-corrected chi connectivity index (χ1v) is 8.67. The maximum Gasteiger partial charge on any atom is 0.283 e. The molecule has 124 valence electrons. The summed E-state index contributed by atoms with van der Waals surface area (Å²) in [5.74, 6) is -0.672. The lowest BCUT2D eigenvalue weighted by Crippen LogP contribution is -2.32. The Morgan fingerprint density at radius 3 is 2.78 bits per heavy atom. The highest BCUT2D eigenvalue weighted by molar-refractivity contribution is 7.90. The Morgan fingerprint density at radius 2 is 2.13 bits per heavy atom. The number of ether oxygens (including phenoxy) is 1. The Bertz CT molecular complexity index is 817. The topological polar surface area (TPSA) is 90.3 Å². The number of rotatable bonds is 6. The van der Waals surface area contributed by atoms with Gasteiger partial charge in [-0.2, -0.15) is 5.10 Å². The van der Waals surface area contributed by atoms with Crippen molar-refractivity contribution >= 4 is 27.5 Å². The lowest BCUT2D eigenvalue weighted by molar-refractivity contribution is 0.0970. The van der Waals surface area contributed by atoms with Gasteiger partial charge in [0.05, 0.1) is 7.11 Å². The number of aromatic nitrogens is 2. The van der Waals surface area contributed by atoms with Gasteiger partial charge in [0.1, 0.15) is 16.3 Å². The zero-order valence-corrected chi connectivity index (χ0v) is 14.2. The number of benzene rings is 1. The summed E-state index contributed by atoms with van der Waals surface area (Å²) in [7, 11) is -2.80. The monoisotopic (exact) mass is 357 g/mol. The van der Waals surface area contributed by atoms with E-state index in [-0.39, 0.29) is 21.4 Å². The van der Waals surface area contributed by atoms with Gasteiger partial charge in [-0.3, -0.25) is 9.48 Å². The normalized spacial score (nSPS) is 11.3. The number of hydrogen-bond acceptors (Lipinski definition) is 5. The average Bonchev–Trinajstić information content (AvgIpc) is 2.95. The summed E-state index contributed by atoms with van der Waals surface area (Å²) in [5, 5.41) is 4.21. The number of amides is 1. The highest BCUT2D eigenvalue weighted by atomic mass is 35.5. The molecule has 1 aromatic heterocycles. The lowest BCUT2D eigenvalue weighted by Gasteiger charge is -2.11. The van der Waals surface area contributed by atoms with Gasteiger partial charge in [-0.05, 0) is 30.7 Å².